The zero-order valence-electron chi connectivity index (χ0n) is 11.1. The first-order valence-electron chi connectivity index (χ1n) is 7.26. The van der Waals surface area contributed by atoms with Gasteiger partial charge in [0.1, 0.15) is 0 Å². The quantitative estimate of drug-likeness (QED) is 0.835. The van der Waals surface area contributed by atoms with Gasteiger partial charge in [0.15, 0.2) is 0 Å². The fourth-order valence-corrected chi connectivity index (χ4v) is 3.89. The van der Waals surface area contributed by atoms with Crippen molar-refractivity contribution in [1.29, 1.82) is 0 Å². The molecule has 0 aromatic carbocycles. The number of hydrogen-bond acceptors (Lipinski definition) is 4. The van der Waals surface area contributed by atoms with Crippen LogP contribution < -0.4 is 0 Å². The standard InChI is InChI=1S/C14H23N3S/c1-2-8-17-9-3-7-16(12-13(17)4-1)10-5-14-15-6-11-18-14/h6,11,13H,1-5,7-10,12H2. The molecule has 0 aliphatic carbocycles. The van der Waals surface area contributed by atoms with Gasteiger partial charge in [-0.15, -0.1) is 11.3 Å². The third-order valence-electron chi connectivity index (χ3n) is 4.26. The van der Waals surface area contributed by atoms with Crippen molar-refractivity contribution < 1.29 is 0 Å². The second-order valence-electron chi connectivity index (χ2n) is 5.52. The topological polar surface area (TPSA) is 19.4 Å². The molecule has 3 nitrogen and oxygen atoms in total. The van der Waals surface area contributed by atoms with Crippen LogP contribution in [0.15, 0.2) is 11.6 Å². The van der Waals surface area contributed by atoms with Gasteiger partial charge in [-0.2, -0.15) is 0 Å². The minimum atomic E-state index is 0.831. The summed E-state index contributed by atoms with van der Waals surface area (Å²) in [6.45, 7) is 6.41. The van der Waals surface area contributed by atoms with E-state index in [4.69, 9.17) is 0 Å². The highest BCUT2D eigenvalue weighted by atomic mass is 32.1. The van der Waals surface area contributed by atoms with Crippen LogP contribution in [-0.4, -0.2) is 53.5 Å². The maximum Gasteiger partial charge on any atom is 0.0937 e. The predicted octanol–water partition coefficient (Wildman–Crippen LogP) is 2.25. The largest absolute Gasteiger partial charge is 0.301 e. The first-order valence-corrected chi connectivity index (χ1v) is 8.14. The Morgan fingerprint density at radius 1 is 1.22 bits per heavy atom. The molecule has 0 spiro atoms. The van der Waals surface area contributed by atoms with Crippen LogP contribution in [0.5, 0.6) is 0 Å². The van der Waals surface area contributed by atoms with Crippen LogP contribution in [0.1, 0.15) is 30.7 Å². The van der Waals surface area contributed by atoms with Crippen LogP contribution in [0, 0.1) is 0 Å². The Hall–Kier alpha value is -0.450. The molecule has 4 heteroatoms. The molecule has 0 saturated carbocycles. The van der Waals surface area contributed by atoms with Crippen molar-refractivity contribution in [2.24, 2.45) is 0 Å². The zero-order valence-corrected chi connectivity index (χ0v) is 11.9. The molecule has 1 atom stereocenters. The smallest absolute Gasteiger partial charge is 0.0937 e. The van der Waals surface area contributed by atoms with Crippen molar-refractivity contribution >= 4 is 11.3 Å². The van der Waals surface area contributed by atoms with Crippen LogP contribution >= 0.6 is 11.3 Å². The average molecular weight is 265 g/mol. The van der Waals surface area contributed by atoms with Gasteiger partial charge in [0, 0.05) is 37.1 Å². The number of piperidine rings is 1. The van der Waals surface area contributed by atoms with E-state index in [1.165, 1.54) is 63.4 Å². The van der Waals surface area contributed by atoms with Gasteiger partial charge in [0.25, 0.3) is 0 Å². The lowest BCUT2D eigenvalue weighted by Gasteiger charge is -2.35. The maximum absolute atomic E-state index is 4.39. The number of fused-ring (bicyclic) bond motifs is 1. The average Bonchev–Trinajstić information content (AvgIpc) is 2.82. The van der Waals surface area contributed by atoms with E-state index in [0.29, 0.717) is 0 Å². The lowest BCUT2D eigenvalue weighted by molar-refractivity contribution is 0.137. The minimum absolute atomic E-state index is 0.831. The van der Waals surface area contributed by atoms with Gasteiger partial charge >= 0.3 is 0 Å². The molecule has 0 bridgehead atoms. The molecule has 2 saturated heterocycles. The van der Waals surface area contributed by atoms with Crippen molar-refractivity contribution in [3.63, 3.8) is 0 Å². The van der Waals surface area contributed by atoms with E-state index in [9.17, 15) is 0 Å². The molecule has 0 N–H and O–H groups in total. The lowest BCUT2D eigenvalue weighted by atomic mass is 10.0. The highest BCUT2D eigenvalue weighted by molar-refractivity contribution is 7.09. The molecule has 1 aromatic rings. The van der Waals surface area contributed by atoms with Gasteiger partial charge in [0.2, 0.25) is 0 Å². The Balaban J connectivity index is 1.53. The molecule has 2 aliphatic rings. The molecule has 1 aromatic heterocycles. The summed E-state index contributed by atoms with van der Waals surface area (Å²) in [5, 5.41) is 3.38. The highest BCUT2D eigenvalue weighted by Crippen LogP contribution is 2.21. The minimum Gasteiger partial charge on any atom is -0.301 e. The molecule has 1 unspecified atom stereocenters. The molecule has 3 rings (SSSR count). The fourth-order valence-electron chi connectivity index (χ4n) is 3.28. The van der Waals surface area contributed by atoms with E-state index in [1.807, 2.05) is 6.20 Å². The SMILES string of the molecule is c1csc(CCN2CCCN3CCCCC3C2)n1. The van der Waals surface area contributed by atoms with Crippen LogP contribution in [0.2, 0.25) is 0 Å². The van der Waals surface area contributed by atoms with Crippen LogP contribution in [0.25, 0.3) is 0 Å². The summed E-state index contributed by atoms with van der Waals surface area (Å²) in [5.41, 5.74) is 0. The monoisotopic (exact) mass is 265 g/mol. The Morgan fingerprint density at radius 3 is 3.06 bits per heavy atom. The summed E-state index contributed by atoms with van der Waals surface area (Å²) >= 11 is 1.79. The summed E-state index contributed by atoms with van der Waals surface area (Å²) in [4.78, 5) is 9.78. The van der Waals surface area contributed by atoms with E-state index >= 15 is 0 Å². The second-order valence-corrected chi connectivity index (χ2v) is 6.49. The van der Waals surface area contributed by atoms with Gasteiger partial charge in [0.05, 0.1) is 5.01 Å². The van der Waals surface area contributed by atoms with E-state index in [0.717, 1.165) is 12.5 Å². The summed E-state index contributed by atoms with van der Waals surface area (Å²) in [6.07, 6.45) is 8.65. The number of rotatable bonds is 3. The van der Waals surface area contributed by atoms with Gasteiger partial charge in [-0.25, -0.2) is 4.98 Å². The summed E-state index contributed by atoms with van der Waals surface area (Å²) in [5.74, 6) is 0. The van der Waals surface area contributed by atoms with Gasteiger partial charge in [-0.05, 0) is 38.9 Å². The molecule has 100 valence electrons. The Morgan fingerprint density at radius 2 is 2.17 bits per heavy atom. The van der Waals surface area contributed by atoms with Crippen molar-refractivity contribution in [3.8, 4) is 0 Å². The zero-order chi connectivity index (χ0) is 12.2. The van der Waals surface area contributed by atoms with E-state index in [-0.39, 0.29) is 0 Å². The van der Waals surface area contributed by atoms with E-state index in [1.54, 1.807) is 11.3 Å². The Bertz CT molecular complexity index is 352. The van der Waals surface area contributed by atoms with Crippen LogP contribution in [0.3, 0.4) is 0 Å². The van der Waals surface area contributed by atoms with Crippen molar-refractivity contribution in [2.75, 3.05) is 32.7 Å². The molecule has 18 heavy (non-hydrogen) atoms. The van der Waals surface area contributed by atoms with E-state index < -0.39 is 0 Å². The number of hydrogen-bond donors (Lipinski definition) is 0. The Labute approximate surface area is 114 Å². The maximum atomic E-state index is 4.39. The number of nitrogens with zero attached hydrogens (tertiary/aromatic N) is 3. The highest BCUT2D eigenvalue weighted by Gasteiger charge is 2.26. The van der Waals surface area contributed by atoms with Gasteiger partial charge < -0.3 is 4.90 Å². The van der Waals surface area contributed by atoms with Crippen molar-refractivity contribution in [1.82, 2.24) is 14.8 Å². The molecular weight excluding hydrogens is 242 g/mol. The summed E-state index contributed by atoms with van der Waals surface area (Å²) < 4.78 is 0. The van der Waals surface area contributed by atoms with E-state index in [2.05, 4.69) is 20.2 Å². The van der Waals surface area contributed by atoms with Crippen LogP contribution in [0.4, 0.5) is 0 Å². The first kappa shape index (κ1) is 12.6. The first-order chi connectivity index (χ1) is 8.92. The summed E-state index contributed by atoms with van der Waals surface area (Å²) in [6, 6.07) is 0.831. The third kappa shape index (κ3) is 3.11. The van der Waals surface area contributed by atoms with Crippen molar-refractivity contribution in [2.45, 2.75) is 38.1 Å². The molecule has 2 aliphatic heterocycles. The normalized spacial score (nSPS) is 26.8. The summed E-state index contributed by atoms with van der Waals surface area (Å²) in [7, 11) is 0. The van der Waals surface area contributed by atoms with Crippen molar-refractivity contribution in [3.05, 3.63) is 16.6 Å². The molecule has 0 amide bonds. The Kier molecular flexibility index (Phi) is 4.28. The molecule has 2 fully saturated rings. The predicted molar refractivity (Wildman–Crippen MR) is 76.1 cm³/mol. The third-order valence-corrected chi connectivity index (χ3v) is 5.10. The number of aromatic nitrogens is 1. The molecular formula is C14H23N3S. The second kappa shape index (κ2) is 6.13. The van der Waals surface area contributed by atoms with Gasteiger partial charge in [-0.1, -0.05) is 6.42 Å². The molecule has 0 radical (unpaired) electrons. The lowest BCUT2D eigenvalue weighted by Crippen LogP contribution is -2.44. The number of thiazole rings is 1. The fraction of sp³-hybridized carbons (Fsp3) is 0.786. The molecule has 3 heterocycles. The van der Waals surface area contributed by atoms with Gasteiger partial charge in [-0.3, -0.25) is 4.90 Å². The van der Waals surface area contributed by atoms with Crippen LogP contribution in [-0.2, 0) is 6.42 Å².